The molecule has 0 amide bonds. The van der Waals surface area contributed by atoms with Crippen LogP contribution < -0.4 is 0 Å². The minimum Gasteiger partial charge on any atom is -0.280 e. The number of alkyl halides is 1. The van der Waals surface area contributed by atoms with Gasteiger partial charge in [-0.15, -0.1) is 33.6 Å². The third-order valence-corrected chi connectivity index (χ3v) is 5.83. The van der Waals surface area contributed by atoms with E-state index in [1.165, 1.54) is 4.90 Å². The quantitative estimate of drug-likeness (QED) is 0.415. The standard InChI is InChI=1S/C20H18Cl2N4S/c1-12(2)27-13-7-8-17-15(9-13)20(14-5-3-4-6-16(14)22)23-11-19-25-24-18(10-21)26(17)19/h3-9,12H,10-11H2,1-2H3. The molecule has 1 aliphatic heterocycles. The normalized spacial score (nSPS) is 13.1. The van der Waals surface area contributed by atoms with E-state index < -0.39 is 0 Å². The second kappa shape index (κ2) is 7.66. The summed E-state index contributed by atoms with van der Waals surface area (Å²) in [7, 11) is 0. The Morgan fingerprint density at radius 2 is 1.93 bits per heavy atom. The molecule has 0 unspecified atom stereocenters. The lowest BCUT2D eigenvalue weighted by Gasteiger charge is -2.16. The molecular formula is C20H18Cl2N4S. The van der Waals surface area contributed by atoms with Crippen LogP contribution in [-0.2, 0) is 12.4 Å². The third kappa shape index (κ3) is 3.51. The van der Waals surface area contributed by atoms with Gasteiger partial charge in [0, 0.05) is 26.3 Å². The highest BCUT2D eigenvalue weighted by Crippen LogP contribution is 2.33. The number of thioether (sulfide) groups is 1. The predicted molar refractivity (Wildman–Crippen MR) is 113 cm³/mol. The van der Waals surface area contributed by atoms with Crippen LogP contribution in [-0.4, -0.2) is 25.7 Å². The van der Waals surface area contributed by atoms with Crippen molar-refractivity contribution in [3.8, 4) is 5.69 Å². The largest absolute Gasteiger partial charge is 0.280 e. The lowest BCUT2D eigenvalue weighted by atomic mass is 10.0. The zero-order valence-electron chi connectivity index (χ0n) is 15.0. The molecule has 138 valence electrons. The number of halogens is 2. The Balaban J connectivity index is 1.96. The molecule has 0 atom stereocenters. The first-order valence-corrected chi connectivity index (χ1v) is 10.5. The van der Waals surface area contributed by atoms with Crippen molar-refractivity contribution in [3.63, 3.8) is 0 Å². The summed E-state index contributed by atoms with van der Waals surface area (Å²) in [5.41, 5.74) is 3.78. The molecule has 1 aromatic heterocycles. The monoisotopic (exact) mass is 416 g/mol. The van der Waals surface area contributed by atoms with Crippen molar-refractivity contribution in [1.82, 2.24) is 14.8 Å². The van der Waals surface area contributed by atoms with Gasteiger partial charge in [0.15, 0.2) is 11.6 Å². The molecule has 2 aromatic carbocycles. The van der Waals surface area contributed by atoms with E-state index >= 15 is 0 Å². The van der Waals surface area contributed by atoms with Crippen LogP contribution in [0.4, 0.5) is 0 Å². The zero-order valence-corrected chi connectivity index (χ0v) is 17.3. The van der Waals surface area contributed by atoms with Crippen molar-refractivity contribution in [1.29, 1.82) is 0 Å². The topological polar surface area (TPSA) is 43.1 Å². The molecule has 0 saturated heterocycles. The summed E-state index contributed by atoms with van der Waals surface area (Å²) in [5, 5.41) is 9.68. The summed E-state index contributed by atoms with van der Waals surface area (Å²) >= 11 is 14.4. The van der Waals surface area contributed by atoms with E-state index in [0.29, 0.717) is 22.6 Å². The Hall–Kier alpha value is -1.82. The molecule has 0 aliphatic carbocycles. The maximum absolute atomic E-state index is 6.50. The maximum atomic E-state index is 6.50. The molecular weight excluding hydrogens is 399 g/mol. The van der Waals surface area contributed by atoms with Gasteiger partial charge in [-0.3, -0.25) is 9.56 Å². The van der Waals surface area contributed by atoms with Crippen LogP contribution in [0.15, 0.2) is 52.4 Å². The highest BCUT2D eigenvalue weighted by atomic mass is 35.5. The Labute approximate surface area is 172 Å². The fraction of sp³-hybridized carbons (Fsp3) is 0.250. The fourth-order valence-electron chi connectivity index (χ4n) is 3.18. The maximum Gasteiger partial charge on any atom is 0.159 e. The van der Waals surface area contributed by atoms with Gasteiger partial charge in [0.2, 0.25) is 0 Å². The summed E-state index contributed by atoms with van der Waals surface area (Å²) in [6, 6.07) is 14.2. The lowest BCUT2D eigenvalue weighted by Crippen LogP contribution is -2.10. The Morgan fingerprint density at radius 3 is 2.67 bits per heavy atom. The summed E-state index contributed by atoms with van der Waals surface area (Å²) < 4.78 is 2.01. The molecule has 0 bridgehead atoms. The molecule has 7 heteroatoms. The molecule has 0 saturated carbocycles. The van der Waals surface area contributed by atoms with Crippen molar-refractivity contribution in [3.05, 3.63) is 70.3 Å². The van der Waals surface area contributed by atoms with Crippen molar-refractivity contribution >= 4 is 40.7 Å². The summed E-state index contributed by atoms with van der Waals surface area (Å²) in [4.78, 5) is 6.05. The molecule has 3 aromatic rings. The van der Waals surface area contributed by atoms with E-state index in [2.05, 4.69) is 42.2 Å². The van der Waals surface area contributed by atoms with Crippen LogP contribution in [0.2, 0.25) is 5.02 Å². The average molecular weight is 417 g/mol. The van der Waals surface area contributed by atoms with Crippen molar-refractivity contribution in [2.45, 2.75) is 36.4 Å². The second-order valence-corrected chi connectivity index (χ2v) is 8.82. The number of aromatic nitrogens is 3. The Bertz CT molecular complexity index is 1030. The van der Waals surface area contributed by atoms with Gasteiger partial charge in [-0.25, -0.2) is 0 Å². The van der Waals surface area contributed by atoms with Crippen molar-refractivity contribution in [2.24, 2.45) is 4.99 Å². The van der Waals surface area contributed by atoms with Crippen molar-refractivity contribution < 1.29 is 0 Å². The smallest absolute Gasteiger partial charge is 0.159 e. The Morgan fingerprint density at radius 1 is 1.11 bits per heavy atom. The molecule has 27 heavy (non-hydrogen) atoms. The molecule has 0 radical (unpaired) electrons. The van der Waals surface area contributed by atoms with Crippen LogP contribution in [0.3, 0.4) is 0 Å². The van der Waals surface area contributed by atoms with Gasteiger partial charge in [0.05, 0.1) is 17.3 Å². The van der Waals surface area contributed by atoms with Crippen molar-refractivity contribution in [2.75, 3.05) is 0 Å². The third-order valence-electron chi connectivity index (χ3n) is 4.26. The van der Waals surface area contributed by atoms with E-state index in [9.17, 15) is 0 Å². The van der Waals surface area contributed by atoms with Crippen LogP contribution in [0.5, 0.6) is 0 Å². The summed E-state index contributed by atoms with van der Waals surface area (Å²) in [6.45, 7) is 4.79. The summed E-state index contributed by atoms with van der Waals surface area (Å²) in [5.74, 6) is 1.78. The van der Waals surface area contributed by atoms with Gasteiger partial charge in [0.25, 0.3) is 0 Å². The van der Waals surface area contributed by atoms with Gasteiger partial charge in [0.1, 0.15) is 6.54 Å². The molecule has 0 N–H and O–H groups in total. The number of aliphatic imine (C=N–C) groups is 1. The fourth-order valence-corrected chi connectivity index (χ4v) is 4.46. The number of rotatable bonds is 4. The van der Waals surface area contributed by atoms with E-state index in [4.69, 9.17) is 28.2 Å². The van der Waals surface area contributed by atoms with Gasteiger partial charge in [-0.1, -0.05) is 43.6 Å². The zero-order chi connectivity index (χ0) is 19.0. The van der Waals surface area contributed by atoms with Gasteiger partial charge in [-0.05, 0) is 24.3 Å². The van der Waals surface area contributed by atoms with Crippen LogP contribution in [0.1, 0.15) is 36.6 Å². The number of fused-ring (bicyclic) bond motifs is 3. The first-order chi connectivity index (χ1) is 13.1. The van der Waals surface area contributed by atoms with Crippen LogP contribution in [0.25, 0.3) is 5.69 Å². The van der Waals surface area contributed by atoms with Gasteiger partial charge in [-0.2, -0.15) is 0 Å². The number of benzene rings is 2. The molecule has 0 fully saturated rings. The highest BCUT2D eigenvalue weighted by molar-refractivity contribution is 7.99. The Kier molecular flexibility index (Phi) is 5.26. The number of hydrogen-bond acceptors (Lipinski definition) is 4. The first kappa shape index (κ1) is 18.5. The molecule has 4 nitrogen and oxygen atoms in total. The number of nitrogens with zero attached hydrogens (tertiary/aromatic N) is 4. The average Bonchev–Trinajstić information content (AvgIpc) is 2.99. The molecule has 1 aliphatic rings. The number of hydrogen-bond donors (Lipinski definition) is 0. The molecule has 0 spiro atoms. The molecule has 4 rings (SSSR count). The van der Waals surface area contributed by atoms with E-state index in [-0.39, 0.29) is 5.88 Å². The minimum absolute atomic E-state index is 0.288. The highest BCUT2D eigenvalue weighted by Gasteiger charge is 2.24. The summed E-state index contributed by atoms with van der Waals surface area (Å²) in [6.07, 6.45) is 0. The van der Waals surface area contributed by atoms with Crippen LogP contribution in [0, 0.1) is 0 Å². The van der Waals surface area contributed by atoms with E-state index in [0.717, 1.165) is 28.4 Å². The molecule has 2 heterocycles. The van der Waals surface area contributed by atoms with Gasteiger partial charge >= 0.3 is 0 Å². The SMILES string of the molecule is CC(C)Sc1ccc2c(c1)C(c1ccccc1Cl)=NCc1nnc(CCl)n1-2. The minimum atomic E-state index is 0.288. The predicted octanol–water partition coefficient (Wildman–Crippen LogP) is 5.51. The van der Waals surface area contributed by atoms with E-state index in [1.807, 2.05) is 40.6 Å². The second-order valence-electron chi connectivity index (χ2n) is 6.49. The van der Waals surface area contributed by atoms with E-state index in [1.54, 1.807) is 0 Å². The van der Waals surface area contributed by atoms with Crippen LogP contribution >= 0.6 is 35.0 Å². The lowest BCUT2D eigenvalue weighted by molar-refractivity contribution is 0.858. The van der Waals surface area contributed by atoms with Gasteiger partial charge < -0.3 is 0 Å². The first-order valence-electron chi connectivity index (χ1n) is 8.68.